The standard InChI is InChI=1S/C15H17ClN2O2S/c1-10-5-3-8-14(16)15(10)18-21(19,20)13-7-4-6-12(9-13)11(2)17/h3-9,11,18H,17H2,1-2H3. The predicted octanol–water partition coefficient (Wildman–Crippen LogP) is 3.47. The molecule has 0 heterocycles. The summed E-state index contributed by atoms with van der Waals surface area (Å²) in [4.78, 5) is 0.164. The maximum Gasteiger partial charge on any atom is 0.261 e. The molecule has 1 unspecified atom stereocenters. The van der Waals surface area contributed by atoms with Gasteiger partial charge in [0.1, 0.15) is 0 Å². The molecule has 0 aromatic heterocycles. The highest BCUT2D eigenvalue weighted by molar-refractivity contribution is 7.92. The summed E-state index contributed by atoms with van der Waals surface area (Å²) < 4.78 is 27.5. The maximum absolute atomic E-state index is 12.5. The van der Waals surface area contributed by atoms with Crippen LogP contribution in [0.1, 0.15) is 24.1 Å². The SMILES string of the molecule is Cc1cccc(Cl)c1NS(=O)(=O)c1cccc(C(C)N)c1. The van der Waals surface area contributed by atoms with Crippen LogP contribution in [0.25, 0.3) is 0 Å². The van der Waals surface area contributed by atoms with E-state index < -0.39 is 10.0 Å². The Morgan fingerprint density at radius 1 is 1.19 bits per heavy atom. The summed E-state index contributed by atoms with van der Waals surface area (Å²) in [6.45, 7) is 3.60. The van der Waals surface area contributed by atoms with E-state index in [1.54, 1.807) is 50.2 Å². The first-order valence-electron chi connectivity index (χ1n) is 6.45. The van der Waals surface area contributed by atoms with Gasteiger partial charge in [-0.2, -0.15) is 0 Å². The van der Waals surface area contributed by atoms with Gasteiger partial charge in [0.15, 0.2) is 0 Å². The Hall–Kier alpha value is -1.56. The minimum absolute atomic E-state index is 0.164. The number of sulfonamides is 1. The minimum atomic E-state index is -3.70. The number of benzene rings is 2. The molecule has 0 aliphatic heterocycles. The largest absolute Gasteiger partial charge is 0.324 e. The van der Waals surface area contributed by atoms with Crippen LogP contribution in [-0.4, -0.2) is 8.42 Å². The van der Waals surface area contributed by atoms with Gasteiger partial charge in [-0.15, -0.1) is 0 Å². The lowest BCUT2D eigenvalue weighted by atomic mass is 10.1. The molecule has 0 radical (unpaired) electrons. The van der Waals surface area contributed by atoms with Crippen molar-refractivity contribution in [3.63, 3.8) is 0 Å². The number of hydrogen-bond acceptors (Lipinski definition) is 3. The third-order valence-electron chi connectivity index (χ3n) is 3.15. The van der Waals surface area contributed by atoms with Crippen molar-refractivity contribution in [2.45, 2.75) is 24.8 Å². The summed E-state index contributed by atoms with van der Waals surface area (Å²) in [7, 11) is -3.70. The van der Waals surface area contributed by atoms with Crippen LogP contribution in [0, 0.1) is 6.92 Å². The molecule has 2 aromatic carbocycles. The lowest BCUT2D eigenvalue weighted by Gasteiger charge is -2.13. The first kappa shape index (κ1) is 15.8. The lowest BCUT2D eigenvalue weighted by molar-refractivity contribution is 0.601. The Morgan fingerprint density at radius 3 is 2.48 bits per heavy atom. The van der Waals surface area contributed by atoms with Crippen molar-refractivity contribution in [3.05, 3.63) is 58.6 Å². The minimum Gasteiger partial charge on any atom is -0.324 e. The van der Waals surface area contributed by atoms with Crippen LogP contribution in [0.2, 0.25) is 5.02 Å². The molecule has 2 rings (SSSR count). The molecule has 21 heavy (non-hydrogen) atoms. The van der Waals surface area contributed by atoms with E-state index in [9.17, 15) is 8.42 Å². The third-order valence-corrected chi connectivity index (χ3v) is 4.81. The van der Waals surface area contributed by atoms with E-state index in [-0.39, 0.29) is 10.9 Å². The fourth-order valence-corrected chi connectivity index (χ4v) is 3.45. The molecule has 0 aliphatic carbocycles. The molecular formula is C15H17ClN2O2S. The topological polar surface area (TPSA) is 72.2 Å². The molecule has 0 fully saturated rings. The molecule has 0 aliphatic rings. The molecule has 3 N–H and O–H groups in total. The van der Waals surface area contributed by atoms with Crippen molar-refractivity contribution >= 4 is 27.3 Å². The van der Waals surface area contributed by atoms with E-state index in [4.69, 9.17) is 17.3 Å². The fourth-order valence-electron chi connectivity index (χ4n) is 1.92. The fraction of sp³-hybridized carbons (Fsp3) is 0.200. The molecule has 0 bridgehead atoms. The smallest absolute Gasteiger partial charge is 0.261 e. The van der Waals surface area contributed by atoms with Crippen LogP contribution in [-0.2, 0) is 10.0 Å². The number of rotatable bonds is 4. The van der Waals surface area contributed by atoms with Crippen molar-refractivity contribution < 1.29 is 8.42 Å². The molecule has 112 valence electrons. The number of hydrogen-bond donors (Lipinski definition) is 2. The molecular weight excluding hydrogens is 308 g/mol. The summed E-state index contributed by atoms with van der Waals surface area (Å²) in [5.74, 6) is 0. The third kappa shape index (κ3) is 3.56. The van der Waals surface area contributed by atoms with Gasteiger partial charge in [0.05, 0.1) is 15.6 Å². The second-order valence-corrected chi connectivity index (χ2v) is 6.99. The van der Waals surface area contributed by atoms with E-state index >= 15 is 0 Å². The maximum atomic E-state index is 12.5. The summed E-state index contributed by atoms with van der Waals surface area (Å²) in [6, 6.07) is 11.5. The normalized spacial score (nSPS) is 13.0. The van der Waals surface area contributed by atoms with Gasteiger partial charge in [0.2, 0.25) is 0 Å². The van der Waals surface area contributed by atoms with E-state index in [0.717, 1.165) is 11.1 Å². The van der Waals surface area contributed by atoms with Crippen LogP contribution in [0.3, 0.4) is 0 Å². The number of anilines is 1. The first-order chi connectivity index (χ1) is 9.81. The number of nitrogens with one attached hydrogen (secondary N) is 1. The second kappa shape index (κ2) is 6.05. The van der Waals surface area contributed by atoms with Gasteiger partial charge in [-0.05, 0) is 43.2 Å². The van der Waals surface area contributed by atoms with Crippen molar-refractivity contribution in [1.29, 1.82) is 0 Å². The van der Waals surface area contributed by atoms with Gasteiger partial charge >= 0.3 is 0 Å². The molecule has 0 saturated heterocycles. The zero-order chi connectivity index (χ0) is 15.6. The van der Waals surface area contributed by atoms with Crippen molar-refractivity contribution in [1.82, 2.24) is 0 Å². The van der Waals surface area contributed by atoms with Gasteiger partial charge in [-0.3, -0.25) is 4.72 Å². The first-order valence-corrected chi connectivity index (χ1v) is 8.31. The molecule has 0 saturated carbocycles. The van der Waals surface area contributed by atoms with E-state index in [1.165, 1.54) is 6.07 Å². The monoisotopic (exact) mass is 324 g/mol. The van der Waals surface area contributed by atoms with E-state index in [1.807, 2.05) is 0 Å². The zero-order valence-corrected chi connectivity index (χ0v) is 13.4. The average Bonchev–Trinajstić information content (AvgIpc) is 2.43. The van der Waals surface area contributed by atoms with Crippen molar-refractivity contribution in [2.24, 2.45) is 5.73 Å². The predicted molar refractivity (Wildman–Crippen MR) is 86.0 cm³/mol. The van der Waals surface area contributed by atoms with Crippen molar-refractivity contribution in [2.75, 3.05) is 4.72 Å². The summed E-state index contributed by atoms with van der Waals surface area (Å²) in [5.41, 5.74) is 7.70. The average molecular weight is 325 g/mol. The van der Waals surface area contributed by atoms with Gasteiger partial charge in [-0.1, -0.05) is 35.9 Å². The highest BCUT2D eigenvalue weighted by Gasteiger charge is 2.17. The number of nitrogens with two attached hydrogens (primary N) is 1. The van der Waals surface area contributed by atoms with Crippen LogP contribution >= 0.6 is 11.6 Å². The molecule has 2 aromatic rings. The molecule has 0 amide bonds. The Labute approximate surface area is 130 Å². The Bertz CT molecular complexity index is 738. The molecule has 0 spiro atoms. The summed E-state index contributed by atoms with van der Waals surface area (Å²) in [6.07, 6.45) is 0. The molecule has 1 atom stereocenters. The highest BCUT2D eigenvalue weighted by atomic mass is 35.5. The summed E-state index contributed by atoms with van der Waals surface area (Å²) in [5, 5.41) is 0.363. The van der Waals surface area contributed by atoms with Gasteiger partial charge in [0.25, 0.3) is 10.0 Å². The molecule has 4 nitrogen and oxygen atoms in total. The zero-order valence-electron chi connectivity index (χ0n) is 11.8. The molecule has 6 heteroatoms. The van der Waals surface area contributed by atoms with Gasteiger partial charge < -0.3 is 5.73 Å². The Kier molecular flexibility index (Phi) is 4.56. The number of halogens is 1. The summed E-state index contributed by atoms with van der Waals surface area (Å²) >= 11 is 6.06. The van der Waals surface area contributed by atoms with Gasteiger partial charge in [0, 0.05) is 6.04 Å². The van der Waals surface area contributed by atoms with Crippen LogP contribution in [0.5, 0.6) is 0 Å². The Balaban J connectivity index is 2.41. The lowest BCUT2D eigenvalue weighted by Crippen LogP contribution is -2.15. The van der Waals surface area contributed by atoms with E-state index in [2.05, 4.69) is 4.72 Å². The van der Waals surface area contributed by atoms with Crippen LogP contribution < -0.4 is 10.5 Å². The van der Waals surface area contributed by atoms with Gasteiger partial charge in [-0.25, -0.2) is 8.42 Å². The van der Waals surface area contributed by atoms with E-state index in [0.29, 0.717) is 10.7 Å². The van der Waals surface area contributed by atoms with Crippen LogP contribution in [0.15, 0.2) is 47.4 Å². The Morgan fingerprint density at radius 2 is 1.86 bits per heavy atom. The quantitative estimate of drug-likeness (QED) is 0.904. The number of aryl methyl sites for hydroxylation is 1. The van der Waals surface area contributed by atoms with Crippen molar-refractivity contribution in [3.8, 4) is 0 Å². The van der Waals surface area contributed by atoms with Crippen LogP contribution in [0.4, 0.5) is 5.69 Å². The number of para-hydroxylation sites is 1. The highest BCUT2D eigenvalue weighted by Crippen LogP contribution is 2.28. The second-order valence-electron chi connectivity index (χ2n) is 4.90.